The normalized spacial score (nSPS) is 12.7. The largest absolute Gasteiger partial charge is 0.292 e. The van der Waals surface area contributed by atoms with Crippen LogP contribution in [0.2, 0.25) is 5.02 Å². The van der Waals surface area contributed by atoms with E-state index in [4.69, 9.17) is 11.6 Å². The highest BCUT2D eigenvalue weighted by atomic mass is 35.5. The Balaban J connectivity index is 2.06. The van der Waals surface area contributed by atoms with Gasteiger partial charge in [-0.1, -0.05) is 23.7 Å². The first kappa shape index (κ1) is 14.8. The molecule has 1 aromatic heterocycles. The molecular weight excluding hydrogens is 274 g/mol. The lowest BCUT2D eigenvalue weighted by Crippen LogP contribution is -2.35. The van der Waals surface area contributed by atoms with Gasteiger partial charge in [0, 0.05) is 35.9 Å². The van der Waals surface area contributed by atoms with Crippen molar-refractivity contribution >= 4 is 17.4 Å². The number of hydrogen-bond donors (Lipinski definition) is 0. The number of nitrogens with zero attached hydrogens (tertiary/aromatic N) is 3. The molecule has 2 aromatic rings. The second-order valence-electron chi connectivity index (χ2n) is 4.99. The molecule has 106 valence electrons. The third-order valence-electron chi connectivity index (χ3n) is 3.34. The zero-order chi connectivity index (χ0) is 14.7. The molecule has 20 heavy (non-hydrogen) atoms. The van der Waals surface area contributed by atoms with E-state index in [1.54, 1.807) is 28.9 Å². The predicted molar refractivity (Wildman–Crippen MR) is 79.9 cm³/mol. The van der Waals surface area contributed by atoms with Gasteiger partial charge >= 0.3 is 0 Å². The lowest BCUT2D eigenvalue weighted by molar-refractivity contribution is 0.0862. The Kier molecular flexibility index (Phi) is 4.57. The van der Waals surface area contributed by atoms with Crippen molar-refractivity contribution in [3.63, 3.8) is 0 Å². The zero-order valence-corrected chi connectivity index (χ0v) is 12.6. The van der Waals surface area contributed by atoms with Crippen LogP contribution in [0.4, 0.5) is 0 Å². The monoisotopic (exact) mass is 291 g/mol. The maximum atomic E-state index is 12.4. The van der Waals surface area contributed by atoms with Crippen molar-refractivity contribution in [1.29, 1.82) is 0 Å². The van der Waals surface area contributed by atoms with Crippen molar-refractivity contribution in [3.8, 4) is 0 Å². The SMILES string of the molecule is CC(C(=O)c1cccc(Cl)c1)N(C)Cc1cnn(C)c1. The number of rotatable bonds is 5. The summed E-state index contributed by atoms with van der Waals surface area (Å²) in [5, 5.41) is 4.71. The number of carbonyl (C=O) groups is 1. The van der Waals surface area contributed by atoms with Gasteiger partial charge in [0.1, 0.15) is 0 Å². The summed E-state index contributed by atoms with van der Waals surface area (Å²) in [6.07, 6.45) is 3.76. The molecule has 0 N–H and O–H groups in total. The van der Waals surface area contributed by atoms with Crippen molar-refractivity contribution < 1.29 is 4.79 Å². The first-order valence-electron chi connectivity index (χ1n) is 6.45. The molecule has 1 aromatic carbocycles. The number of Topliss-reactive ketones (excluding diaryl/α,β-unsaturated/α-hetero) is 1. The maximum absolute atomic E-state index is 12.4. The Labute approximate surface area is 124 Å². The third kappa shape index (κ3) is 3.46. The number of likely N-dealkylation sites (N-methyl/N-ethyl adjacent to an activating group) is 1. The smallest absolute Gasteiger partial charge is 0.179 e. The fourth-order valence-electron chi connectivity index (χ4n) is 2.06. The van der Waals surface area contributed by atoms with Crippen LogP contribution in [0.5, 0.6) is 0 Å². The summed E-state index contributed by atoms with van der Waals surface area (Å²) in [7, 11) is 3.81. The average Bonchev–Trinajstić information content (AvgIpc) is 2.82. The van der Waals surface area contributed by atoms with E-state index < -0.39 is 0 Å². The van der Waals surface area contributed by atoms with Crippen LogP contribution in [0.25, 0.3) is 0 Å². The van der Waals surface area contributed by atoms with Crippen LogP contribution in [0, 0.1) is 0 Å². The van der Waals surface area contributed by atoms with Gasteiger partial charge in [-0.2, -0.15) is 5.10 Å². The number of carbonyl (C=O) groups excluding carboxylic acids is 1. The molecule has 0 bridgehead atoms. The van der Waals surface area contributed by atoms with Crippen LogP contribution >= 0.6 is 11.6 Å². The molecular formula is C15H18ClN3O. The molecule has 5 heteroatoms. The molecule has 0 spiro atoms. The number of benzene rings is 1. The Bertz CT molecular complexity index is 609. The third-order valence-corrected chi connectivity index (χ3v) is 3.58. The van der Waals surface area contributed by atoms with Gasteiger partial charge in [0.05, 0.1) is 12.2 Å². The van der Waals surface area contributed by atoms with Crippen molar-refractivity contribution in [2.75, 3.05) is 7.05 Å². The van der Waals surface area contributed by atoms with E-state index in [0.717, 1.165) is 5.56 Å². The molecule has 0 saturated carbocycles. The molecule has 4 nitrogen and oxygen atoms in total. The average molecular weight is 292 g/mol. The van der Waals surface area contributed by atoms with E-state index in [9.17, 15) is 4.79 Å². The van der Waals surface area contributed by atoms with Crippen LogP contribution in [0.3, 0.4) is 0 Å². The molecule has 0 fully saturated rings. The van der Waals surface area contributed by atoms with Crippen LogP contribution in [0.15, 0.2) is 36.7 Å². The molecule has 0 aliphatic heterocycles. The van der Waals surface area contributed by atoms with Gasteiger partial charge in [0.15, 0.2) is 5.78 Å². The summed E-state index contributed by atoms with van der Waals surface area (Å²) in [5.41, 5.74) is 1.73. The summed E-state index contributed by atoms with van der Waals surface area (Å²) < 4.78 is 1.76. The topological polar surface area (TPSA) is 38.1 Å². The molecule has 0 aliphatic carbocycles. The number of halogens is 1. The fourth-order valence-corrected chi connectivity index (χ4v) is 2.25. The fraction of sp³-hybridized carbons (Fsp3) is 0.333. The van der Waals surface area contributed by atoms with Gasteiger partial charge in [0.25, 0.3) is 0 Å². The number of aryl methyl sites for hydroxylation is 1. The molecule has 1 unspecified atom stereocenters. The van der Waals surface area contributed by atoms with Crippen LogP contribution in [-0.2, 0) is 13.6 Å². The summed E-state index contributed by atoms with van der Waals surface area (Å²) in [6.45, 7) is 2.58. The minimum Gasteiger partial charge on any atom is -0.292 e. The number of hydrogen-bond acceptors (Lipinski definition) is 3. The van der Waals surface area contributed by atoms with Crippen molar-refractivity contribution in [1.82, 2.24) is 14.7 Å². The number of aromatic nitrogens is 2. The highest BCUT2D eigenvalue weighted by molar-refractivity contribution is 6.31. The Morgan fingerprint density at radius 2 is 2.25 bits per heavy atom. The summed E-state index contributed by atoms with van der Waals surface area (Å²) in [4.78, 5) is 14.4. The van der Waals surface area contributed by atoms with E-state index >= 15 is 0 Å². The molecule has 1 atom stereocenters. The lowest BCUT2D eigenvalue weighted by atomic mass is 10.0. The summed E-state index contributed by atoms with van der Waals surface area (Å²) in [6, 6.07) is 6.85. The van der Waals surface area contributed by atoms with Crippen LogP contribution < -0.4 is 0 Å². The Morgan fingerprint density at radius 3 is 2.85 bits per heavy atom. The Hall–Kier alpha value is -1.65. The maximum Gasteiger partial charge on any atom is 0.179 e. The summed E-state index contributed by atoms with van der Waals surface area (Å²) >= 11 is 5.93. The van der Waals surface area contributed by atoms with Gasteiger partial charge in [-0.25, -0.2) is 0 Å². The first-order chi connectivity index (χ1) is 9.47. The van der Waals surface area contributed by atoms with Crippen LogP contribution in [-0.4, -0.2) is 33.6 Å². The van der Waals surface area contributed by atoms with Crippen molar-refractivity contribution in [3.05, 3.63) is 52.8 Å². The number of ketones is 1. The van der Waals surface area contributed by atoms with Gasteiger partial charge in [-0.3, -0.25) is 14.4 Å². The minimum absolute atomic E-state index is 0.0684. The highest BCUT2D eigenvalue weighted by Gasteiger charge is 2.20. The summed E-state index contributed by atoms with van der Waals surface area (Å²) in [5.74, 6) is 0.0684. The molecule has 0 aliphatic rings. The molecule has 0 radical (unpaired) electrons. The van der Waals surface area contributed by atoms with E-state index in [0.29, 0.717) is 17.1 Å². The van der Waals surface area contributed by atoms with Crippen molar-refractivity contribution in [2.45, 2.75) is 19.5 Å². The van der Waals surface area contributed by atoms with E-state index in [1.165, 1.54) is 0 Å². The van der Waals surface area contributed by atoms with Gasteiger partial charge in [-0.15, -0.1) is 0 Å². The lowest BCUT2D eigenvalue weighted by Gasteiger charge is -2.23. The molecule has 2 rings (SSSR count). The highest BCUT2D eigenvalue weighted by Crippen LogP contribution is 2.15. The van der Waals surface area contributed by atoms with Gasteiger partial charge < -0.3 is 0 Å². The predicted octanol–water partition coefficient (Wildman–Crippen LogP) is 2.78. The molecule has 0 amide bonds. The second kappa shape index (κ2) is 6.20. The van der Waals surface area contributed by atoms with Crippen molar-refractivity contribution in [2.24, 2.45) is 7.05 Å². The van der Waals surface area contributed by atoms with Gasteiger partial charge in [0.2, 0.25) is 0 Å². The zero-order valence-electron chi connectivity index (χ0n) is 11.9. The molecule has 1 heterocycles. The molecule has 0 saturated heterocycles. The minimum atomic E-state index is -0.214. The Morgan fingerprint density at radius 1 is 1.50 bits per heavy atom. The van der Waals surface area contributed by atoms with E-state index in [1.807, 2.05) is 38.3 Å². The van der Waals surface area contributed by atoms with E-state index in [2.05, 4.69) is 5.10 Å². The van der Waals surface area contributed by atoms with E-state index in [-0.39, 0.29) is 11.8 Å². The quantitative estimate of drug-likeness (QED) is 0.795. The van der Waals surface area contributed by atoms with Gasteiger partial charge in [-0.05, 0) is 26.1 Å². The standard InChI is InChI=1S/C15H18ClN3O/c1-11(15(20)13-5-4-6-14(16)7-13)18(2)9-12-8-17-19(3)10-12/h4-8,10-11H,9H2,1-3H3. The second-order valence-corrected chi connectivity index (χ2v) is 5.42. The first-order valence-corrected chi connectivity index (χ1v) is 6.82. The van der Waals surface area contributed by atoms with Crippen LogP contribution in [0.1, 0.15) is 22.8 Å².